The van der Waals surface area contributed by atoms with Crippen LogP contribution in [0.3, 0.4) is 0 Å². The molecule has 0 bridgehead atoms. The lowest BCUT2D eigenvalue weighted by Crippen LogP contribution is -2.70. The third-order valence-electron chi connectivity index (χ3n) is 11.8. The van der Waals surface area contributed by atoms with Crippen LogP contribution >= 0.6 is 0 Å². The number of nitrogens with zero attached hydrogens (tertiary/aromatic N) is 2. The number of amides is 2. The predicted molar refractivity (Wildman–Crippen MR) is 229 cm³/mol. The zero-order chi connectivity index (χ0) is 43.2. The van der Waals surface area contributed by atoms with Gasteiger partial charge in [0.2, 0.25) is 5.79 Å². The van der Waals surface area contributed by atoms with Gasteiger partial charge in [-0.2, -0.15) is 0 Å². The van der Waals surface area contributed by atoms with E-state index in [1.165, 1.54) is 19.2 Å². The Hall–Kier alpha value is -5.50. The number of unbranched alkanes of at least 4 members (excludes halogenated alkanes) is 2. The molecule has 61 heavy (non-hydrogen) atoms. The largest absolute Gasteiger partial charge is 0.459 e. The molecule has 1 fully saturated rings. The summed E-state index contributed by atoms with van der Waals surface area (Å²) < 4.78 is 40.2. The Bertz CT molecular complexity index is 2010. The van der Waals surface area contributed by atoms with E-state index in [2.05, 4.69) is 29.7 Å². The van der Waals surface area contributed by atoms with Crippen LogP contribution in [-0.4, -0.2) is 78.4 Å². The Morgan fingerprint density at radius 3 is 2.44 bits per heavy atom. The molecule has 3 N–H and O–H groups in total. The Morgan fingerprint density at radius 2 is 1.74 bits per heavy atom. The number of allylic oxidation sites excluding steroid dienone is 1. The number of carbonyl (C=O) groups excluding carboxylic acids is 2. The van der Waals surface area contributed by atoms with Crippen molar-refractivity contribution in [2.75, 3.05) is 33.5 Å². The highest BCUT2D eigenvalue weighted by Crippen LogP contribution is 2.62. The number of fused-ring (bicyclic) bond motifs is 2. The Balaban J connectivity index is 1.53. The lowest BCUT2D eigenvalue weighted by atomic mass is 9.55. The molecule has 0 radical (unpaired) electrons. The molecule has 326 valence electrons. The molecule has 2 aliphatic carbocycles. The molecular weight excluding hydrogens is 782 g/mol. The Kier molecular flexibility index (Phi) is 16.1. The van der Waals surface area contributed by atoms with Crippen LogP contribution in [0.25, 0.3) is 0 Å². The topological polar surface area (TPSA) is 148 Å². The fourth-order valence-electron chi connectivity index (χ4n) is 9.14. The van der Waals surface area contributed by atoms with Crippen LogP contribution in [0.5, 0.6) is 11.5 Å². The van der Waals surface area contributed by atoms with E-state index in [0.717, 1.165) is 42.4 Å². The maximum Gasteiger partial charge on any atom is 0.412 e. The van der Waals surface area contributed by atoms with E-state index in [0.29, 0.717) is 42.0 Å². The molecule has 0 aromatic heterocycles. The first-order chi connectivity index (χ1) is 29.8. The van der Waals surface area contributed by atoms with Crippen LogP contribution in [0.1, 0.15) is 74.0 Å². The summed E-state index contributed by atoms with van der Waals surface area (Å²) in [6.07, 6.45) is 9.09. The van der Waals surface area contributed by atoms with Crippen molar-refractivity contribution < 1.29 is 48.0 Å². The molecular formula is C48H58FN3O9. The second-order valence-corrected chi connectivity index (χ2v) is 15.6. The van der Waals surface area contributed by atoms with Crippen molar-refractivity contribution >= 4 is 17.9 Å². The average Bonchev–Trinajstić information content (AvgIpc) is 3.27. The zero-order valence-electron chi connectivity index (χ0n) is 34.9. The number of rotatable bonds is 21. The van der Waals surface area contributed by atoms with Gasteiger partial charge in [0.15, 0.2) is 0 Å². The monoisotopic (exact) mass is 839 g/mol. The fourth-order valence-corrected chi connectivity index (χ4v) is 9.14. The van der Waals surface area contributed by atoms with Gasteiger partial charge in [-0.3, -0.25) is 4.90 Å². The Labute approximate surface area is 357 Å². The van der Waals surface area contributed by atoms with Crippen LogP contribution in [0.2, 0.25) is 0 Å². The van der Waals surface area contributed by atoms with Crippen molar-refractivity contribution in [3.05, 3.63) is 132 Å². The minimum Gasteiger partial charge on any atom is -0.459 e. The SMILES string of the molecule is C=CCCOC(=O)N(Cc1ccc(F)cc1)[C@H]1CC(=NOC)C2=C[C@H](CCCCO)[C@@H](CCCCO)[C@@H]3c4cc(OC(=O)NCc5ccccc5)ccc4O[C@@]1(OCC=C)[C@H]23. The standard InChI is InChI=1S/C48H58FN3O9/c1-4-6-27-58-47(56)52(32-34-18-20-36(49)21-19-34)43-30-41(51-57-3)39-28-35(16-10-12-24-53)38(17-11-13-25-54)44-40-29-37(60-46(55)50-31-33-14-8-7-9-15-33)22-23-42(40)61-48(43,45(39)44)59-26-5-2/h4-5,7-9,14-15,18-23,28-29,35,38,43-45,53-54H,1-2,6,10-13,16-17,24-27,30-32H2,3H3,(H,50,55)/t35-,38+,43-,44+,45+,48+/m0/s1. The lowest BCUT2D eigenvalue weighted by molar-refractivity contribution is -0.256. The van der Waals surface area contributed by atoms with E-state index in [-0.39, 0.29) is 63.7 Å². The second-order valence-electron chi connectivity index (χ2n) is 15.6. The van der Waals surface area contributed by atoms with E-state index in [1.807, 2.05) is 36.4 Å². The maximum absolute atomic E-state index is 14.4. The van der Waals surface area contributed by atoms with Crippen molar-refractivity contribution in [1.29, 1.82) is 0 Å². The van der Waals surface area contributed by atoms with Crippen LogP contribution in [0.4, 0.5) is 14.0 Å². The van der Waals surface area contributed by atoms with Crippen molar-refractivity contribution in [2.45, 2.75) is 82.2 Å². The molecule has 1 aliphatic heterocycles. The van der Waals surface area contributed by atoms with E-state index >= 15 is 0 Å². The number of aliphatic hydroxyl groups excluding tert-OH is 2. The normalized spacial score (nSPS) is 23.0. The predicted octanol–water partition coefficient (Wildman–Crippen LogP) is 8.59. The van der Waals surface area contributed by atoms with Gasteiger partial charge in [-0.05, 0) is 91.0 Å². The van der Waals surface area contributed by atoms with Gasteiger partial charge >= 0.3 is 12.2 Å². The van der Waals surface area contributed by atoms with Crippen LogP contribution < -0.4 is 14.8 Å². The lowest BCUT2D eigenvalue weighted by Gasteiger charge is -2.59. The van der Waals surface area contributed by atoms with E-state index in [1.54, 1.807) is 41.3 Å². The molecule has 0 saturated heterocycles. The quantitative estimate of drug-likeness (QED) is 0.0545. The first kappa shape index (κ1) is 45.0. The number of halogens is 1. The number of benzene rings is 3. The summed E-state index contributed by atoms with van der Waals surface area (Å²) in [5, 5.41) is 27.2. The molecule has 1 heterocycles. The fraction of sp³-hybridized carbons (Fsp3) is 0.438. The van der Waals surface area contributed by atoms with Crippen LogP contribution in [0, 0.1) is 23.6 Å². The summed E-state index contributed by atoms with van der Waals surface area (Å²) in [7, 11) is 1.48. The van der Waals surface area contributed by atoms with E-state index < -0.39 is 35.8 Å². The first-order valence-corrected chi connectivity index (χ1v) is 21.2. The molecule has 0 spiro atoms. The van der Waals surface area contributed by atoms with Gasteiger partial charge in [0.25, 0.3) is 0 Å². The van der Waals surface area contributed by atoms with Gasteiger partial charge in [-0.25, -0.2) is 14.0 Å². The van der Waals surface area contributed by atoms with Gasteiger partial charge in [-0.15, -0.1) is 13.2 Å². The van der Waals surface area contributed by atoms with Crippen LogP contribution in [0.15, 0.2) is 115 Å². The van der Waals surface area contributed by atoms with E-state index in [4.69, 9.17) is 23.8 Å². The van der Waals surface area contributed by atoms with Gasteiger partial charge in [-0.1, -0.05) is 78.7 Å². The zero-order valence-corrected chi connectivity index (χ0v) is 34.9. The summed E-state index contributed by atoms with van der Waals surface area (Å²) >= 11 is 0. The molecule has 1 saturated carbocycles. The molecule has 13 heteroatoms. The smallest absolute Gasteiger partial charge is 0.412 e. The summed E-state index contributed by atoms with van der Waals surface area (Å²) in [5.74, 6) is -2.16. The molecule has 0 unspecified atom stereocenters. The van der Waals surface area contributed by atoms with Gasteiger partial charge in [0.05, 0.1) is 24.8 Å². The number of aliphatic hydroxyl groups is 2. The highest BCUT2D eigenvalue weighted by atomic mass is 19.1. The summed E-state index contributed by atoms with van der Waals surface area (Å²) in [5.41, 5.74) is 3.82. The number of hydrogen-bond acceptors (Lipinski definition) is 10. The van der Waals surface area contributed by atoms with Gasteiger partial charge in [0.1, 0.15) is 30.5 Å². The number of nitrogens with one attached hydrogen (secondary N) is 1. The molecule has 3 aromatic carbocycles. The number of oxime groups is 1. The molecule has 12 nitrogen and oxygen atoms in total. The number of ether oxygens (including phenoxy) is 4. The maximum atomic E-state index is 14.4. The molecule has 3 aliphatic rings. The third-order valence-corrected chi connectivity index (χ3v) is 11.8. The van der Waals surface area contributed by atoms with Gasteiger partial charge < -0.3 is 39.3 Å². The minimum absolute atomic E-state index is 0.00101. The molecule has 2 amide bonds. The highest BCUT2D eigenvalue weighted by molar-refractivity contribution is 6.03. The van der Waals surface area contributed by atoms with Crippen molar-refractivity contribution in [2.24, 2.45) is 22.9 Å². The first-order valence-electron chi connectivity index (χ1n) is 21.2. The van der Waals surface area contributed by atoms with Crippen molar-refractivity contribution in [1.82, 2.24) is 10.2 Å². The van der Waals surface area contributed by atoms with Crippen molar-refractivity contribution in [3.8, 4) is 11.5 Å². The van der Waals surface area contributed by atoms with Gasteiger partial charge in [0, 0.05) is 44.2 Å². The summed E-state index contributed by atoms with van der Waals surface area (Å²) in [6, 6.07) is 19.9. The van der Waals surface area contributed by atoms with Crippen molar-refractivity contribution in [3.63, 3.8) is 0 Å². The molecule has 6 rings (SSSR count). The van der Waals surface area contributed by atoms with Crippen LogP contribution in [-0.2, 0) is 27.4 Å². The number of hydrogen-bond donors (Lipinski definition) is 3. The van der Waals surface area contributed by atoms with E-state index in [9.17, 15) is 24.2 Å². The highest BCUT2D eigenvalue weighted by Gasteiger charge is 2.65. The minimum atomic E-state index is -1.55. The average molecular weight is 840 g/mol. The number of carbonyl (C=O) groups is 2. The third kappa shape index (κ3) is 10.7. The summed E-state index contributed by atoms with van der Waals surface area (Å²) in [4.78, 5) is 34.8. The summed E-state index contributed by atoms with van der Waals surface area (Å²) in [6.45, 7) is 8.31. The molecule has 3 aromatic rings. The Morgan fingerprint density at radius 1 is 0.984 bits per heavy atom. The molecule has 6 atom stereocenters. The second kappa shape index (κ2) is 21.8.